The summed E-state index contributed by atoms with van der Waals surface area (Å²) in [6.45, 7) is 0. The standard InChI is InChI=1S/CH4.FH.HI.K.H3P.V.2H2.H/h1H4;2*1H;;1H3;;2*1H;/q;;;+1;;;;;-1/i;;;;;;1+2;1+1;. The van der Waals surface area contributed by atoms with Crippen LogP contribution in [0.5, 0.6) is 0 Å². The predicted molar refractivity (Wildman–Crippen MR) is 41.1 cm³/mol. The monoisotopic (exact) mass is 296 g/mol. The zero-order valence-electron chi connectivity index (χ0n) is 3.97. The summed E-state index contributed by atoms with van der Waals surface area (Å²) in [7, 11) is 0. The van der Waals surface area contributed by atoms with Gasteiger partial charge in [-0.1, -0.05) is 7.43 Å². The summed E-state index contributed by atoms with van der Waals surface area (Å²) < 4.78 is 0. The van der Waals surface area contributed by atoms with Crippen molar-refractivity contribution >= 4 is 33.9 Å². The van der Waals surface area contributed by atoms with Crippen molar-refractivity contribution in [2.75, 3.05) is 0 Å². The first-order valence-electron chi connectivity index (χ1n) is 0. The fourth-order valence-electron chi connectivity index (χ4n) is 0. The molecule has 0 saturated carbocycles. The predicted octanol–water partition coefficient (Wildman–Crippen LogP) is -0.929. The van der Waals surface area contributed by atoms with Gasteiger partial charge in [0.05, 0.1) is 0 Å². The van der Waals surface area contributed by atoms with Crippen LogP contribution in [0.2, 0.25) is 0 Å². The van der Waals surface area contributed by atoms with E-state index in [0.717, 1.165) is 0 Å². The third-order valence-corrected chi connectivity index (χ3v) is 0. The van der Waals surface area contributed by atoms with Crippen LogP contribution in [0, 0.1) is 0 Å². The molecule has 0 N–H and O–H groups in total. The second-order valence-corrected chi connectivity index (χ2v) is 0. The molecular weight excluding hydrogens is 279 g/mol. The molecule has 0 aliphatic carbocycles. The van der Waals surface area contributed by atoms with Gasteiger partial charge in [-0.05, 0) is 0 Å². The van der Waals surface area contributed by atoms with E-state index < -0.39 is 0 Å². The first-order valence-corrected chi connectivity index (χ1v) is 0. The Morgan fingerprint density at radius 2 is 1.50 bits per heavy atom. The minimum atomic E-state index is 0. The Kier molecular flexibility index (Phi) is 396. The molecule has 0 aromatic rings. The molecule has 0 saturated heterocycles. The second-order valence-electron chi connectivity index (χ2n) is 0. The van der Waals surface area contributed by atoms with E-state index in [1.165, 1.54) is 0 Å². The average Bonchev–Trinajstić information content (AvgIpc) is 0. The molecule has 0 aliphatic heterocycles. The average molecular weight is 296 g/mol. The van der Waals surface area contributed by atoms with Crippen LogP contribution in [0.15, 0.2) is 0 Å². The summed E-state index contributed by atoms with van der Waals surface area (Å²) in [6, 6.07) is 0. The van der Waals surface area contributed by atoms with Crippen LogP contribution in [0.25, 0.3) is 0 Å². The molecule has 0 aromatic heterocycles. The molecule has 0 fully saturated rings. The van der Waals surface area contributed by atoms with Crippen LogP contribution in [0.1, 0.15) is 11.7 Å². The largest absolute Gasteiger partial charge is 1.00 e. The molecular formula is CH14FIKPV. The second kappa shape index (κ2) is 40.5. The van der Waals surface area contributed by atoms with Gasteiger partial charge in [0.2, 0.25) is 0 Å². The van der Waals surface area contributed by atoms with Crippen molar-refractivity contribution < 1.29 is 78.9 Å². The van der Waals surface area contributed by atoms with Gasteiger partial charge in [0.15, 0.2) is 0 Å². The van der Waals surface area contributed by atoms with Crippen LogP contribution in [-0.2, 0) is 18.6 Å². The van der Waals surface area contributed by atoms with Gasteiger partial charge in [-0.2, -0.15) is 9.90 Å². The third kappa shape index (κ3) is 26.6. The first-order chi connectivity index (χ1) is 0. The van der Waals surface area contributed by atoms with Crippen LogP contribution < -0.4 is 51.4 Å². The molecule has 0 spiro atoms. The Morgan fingerprint density at radius 1 is 1.50 bits per heavy atom. The number of rotatable bonds is 0. The molecule has 0 rings (SSSR count). The molecule has 1 atom stereocenters. The SMILES string of the molecule is C.F.I.P.[2HH].[3HH].[H-].[K+].[V]. The Balaban J connectivity index is 0. The topological polar surface area (TPSA) is 0 Å². The zero-order chi connectivity index (χ0) is 0. The van der Waals surface area contributed by atoms with Gasteiger partial charge in [-0.15, -0.1) is 24.0 Å². The summed E-state index contributed by atoms with van der Waals surface area (Å²) >= 11 is 0. The molecule has 5 heteroatoms. The van der Waals surface area contributed by atoms with E-state index in [-0.39, 0.29) is 120 Å². The van der Waals surface area contributed by atoms with Crippen LogP contribution >= 0.6 is 33.9 Å². The normalized spacial score (nSPS) is 0. The maximum absolute atomic E-state index is 0. The zero-order valence-corrected chi connectivity index (χ0v) is 11.2. The number of halogens is 2. The number of hydrogen-bond donors (Lipinski definition) is 0. The molecule has 6 heavy (non-hydrogen) atoms. The smallest absolute Gasteiger partial charge is 1.00 e. The van der Waals surface area contributed by atoms with Gasteiger partial charge >= 0.3 is 51.4 Å². The molecule has 0 aliphatic rings. The van der Waals surface area contributed by atoms with Crippen molar-refractivity contribution in [2.45, 2.75) is 7.43 Å². The Morgan fingerprint density at radius 3 is 1.50 bits per heavy atom. The van der Waals surface area contributed by atoms with E-state index in [2.05, 4.69) is 0 Å². The van der Waals surface area contributed by atoms with Gasteiger partial charge in [-0.25, -0.2) is 0 Å². The summed E-state index contributed by atoms with van der Waals surface area (Å²) in [5.41, 5.74) is 0. The molecule has 0 heterocycles. The van der Waals surface area contributed by atoms with Gasteiger partial charge in [0, 0.05) is 21.4 Å². The molecule has 1 unspecified atom stereocenters. The van der Waals surface area contributed by atoms with E-state index >= 15 is 0 Å². The van der Waals surface area contributed by atoms with E-state index in [4.69, 9.17) is 0 Å². The van der Waals surface area contributed by atoms with E-state index in [9.17, 15) is 0 Å². The summed E-state index contributed by atoms with van der Waals surface area (Å²) in [6.07, 6.45) is 0. The van der Waals surface area contributed by atoms with E-state index in [0.29, 0.717) is 0 Å². The quantitative estimate of drug-likeness (QED) is 0.308. The minimum Gasteiger partial charge on any atom is -1.00 e. The Hall–Kier alpha value is 3.31. The van der Waals surface area contributed by atoms with Crippen molar-refractivity contribution in [3.05, 3.63) is 0 Å². The van der Waals surface area contributed by atoms with Gasteiger partial charge in [-0.3, -0.25) is 4.70 Å². The van der Waals surface area contributed by atoms with Crippen LogP contribution in [0.4, 0.5) is 4.70 Å². The summed E-state index contributed by atoms with van der Waals surface area (Å²) in [5.74, 6) is 0. The van der Waals surface area contributed by atoms with Crippen LogP contribution in [-0.4, -0.2) is 0 Å². The molecule has 0 aromatic carbocycles. The molecule has 0 nitrogen and oxygen atoms in total. The molecule has 43 valence electrons. The van der Waals surface area contributed by atoms with E-state index in [1.807, 2.05) is 0 Å². The fraction of sp³-hybridized carbons (Fsp3) is 1.00. The number of hydrogen-bond acceptors (Lipinski definition) is 0. The molecule has 1 radical (unpaired) electrons. The molecule has 0 amide bonds. The molecule has 0 bridgehead atoms. The third-order valence-electron chi connectivity index (χ3n) is 0. The van der Waals surface area contributed by atoms with Gasteiger partial charge in [0.1, 0.15) is 0 Å². The summed E-state index contributed by atoms with van der Waals surface area (Å²) in [5, 5.41) is 0. The van der Waals surface area contributed by atoms with Gasteiger partial charge < -0.3 is 1.43 Å². The Bertz CT molecular complexity index is 23.8. The van der Waals surface area contributed by atoms with Crippen molar-refractivity contribution in [1.82, 2.24) is 0 Å². The van der Waals surface area contributed by atoms with Crippen molar-refractivity contribution in [1.29, 1.82) is 0 Å². The Labute approximate surface area is 118 Å². The minimum absolute atomic E-state index is 0. The summed E-state index contributed by atoms with van der Waals surface area (Å²) in [4.78, 5) is 0. The van der Waals surface area contributed by atoms with Crippen molar-refractivity contribution in [3.63, 3.8) is 0 Å². The maximum atomic E-state index is 0. The first kappa shape index (κ1) is 58.7. The van der Waals surface area contributed by atoms with Gasteiger partial charge in [0.25, 0.3) is 0 Å². The van der Waals surface area contributed by atoms with E-state index in [1.54, 1.807) is 0 Å². The van der Waals surface area contributed by atoms with Crippen molar-refractivity contribution in [3.8, 4) is 0 Å². The maximum Gasteiger partial charge on any atom is 1.00 e. The van der Waals surface area contributed by atoms with Crippen molar-refractivity contribution in [2.24, 2.45) is 0 Å². The fourth-order valence-corrected chi connectivity index (χ4v) is 0. The van der Waals surface area contributed by atoms with Crippen LogP contribution in [0.3, 0.4) is 0 Å².